The highest BCUT2D eigenvalue weighted by Crippen LogP contribution is 2.62. The van der Waals surface area contributed by atoms with Gasteiger partial charge in [-0.1, -0.05) is 128 Å². The number of hydrogen-bond donors (Lipinski definition) is 0. The molecule has 6 aromatic rings. The van der Waals surface area contributed by atoms with E-state index in [1.807, 2.05) is 0 Å². The summed E-state index contributed by atoms with van der Waals surface area (Å²) in [6.07, 6.45) is 4.90. The number of anilines is 8. The molecule has 2 atom stereocenters. The van der Waals surface area contributed by atoms with Crippen LogP contribution in [-0.2, 0) is 16.2 Å². The van der Waals surface area contributed by atoms with Crippen LogP contribution in [0.15, 0.2) is 121 Å². The second kappa shape index (κ2) is 12.6. The summed E-state index contributed by atoms with van der Waals surface area (Å²) in [6, 6.07) is 47.3. The van der Waals surface area contributed by atoms with E-state index in [4.69, 9.17) is 0 Å². The monoisotopic (exact) mass is 759 g/mol. The van der Waals surface area contributed by atoms with Gasteiger partial charge in [0.05, 0.1) is 11.2 Å². The van der Waals surface area contributed by atoms with E-state index >= 15 is 0 Å². The minimum absolute atomic E-state index is 0.0124. The van der Waals surface area contributed by atoms with E-state index in [-0.39, 0.29) is 28.5 Å². The summed E-state index contributed by atoms with van der Waals surface area (Å²) in [5.41, 5.74) is 21.2. The third-order valence-electron chi connectivity index (χ3n) is 14.6. The molecule has 0 saturated heterocycles. The summed E-state index contributed by atoms with van der Waals surface area (Å²) in [5.74, 6) is 0. The predicted octanol–water partition coefficient (Wildman–Crippen LogP) is 12.7. The molecule has 3 heterocycles. The van der Waals surface area contributed by atoms with Crippen LogP contribution in [0.25, 0.3) is 0 Å². The largest absolute Gasteiger partial charge is 0.335 e. The first-order valence-corrected chi connectivity index (χ1v) is 21.7. The van der Waals surface area contributed by atoms with Gasteiger partial charge in [0, 0.05) is 45.2 Å². The Morgan fingerprint density at radius 2 is 1.17 bits per heavy atom. The molecule has 1 aliphatic carbocycles. The first-order chi connectivity index (χ1) is 27.6. The van der Waals surface area contributed by atoms with Gasteiger partial charge >= 0.3 is 0 Å². The molecule has 1 fully saturated rings. The average molecular weight is 760 g/mol. The number of rotatable bonds is 4. The Balaban J connectivity index is 1.34. The molecule has 2 unspecified atom stereocenters. The lowest BCUT2D eigenvalue weighted by Crippen LogP contribution is -2.64. The van der Waals surface area contributed by atoms with Gasteiger partial charge in [-0.2, -0.15) is 0 Å². The van der Waals surface area contributed by atoms with Crippen LogP contribution in [0.5, 0.6) is 0 Å². The van der Waals surface area contributed by atoms with Crippen molar-refractivity contribution < 1.29 is 0 Å². The van der Waals surface area contributed by atoms with Crippen molar-refractivity contribution in [3.63, 3.8) is 0 Å². The zero-order valence-corrected chi connectivity index (χ0v) is 36.3. The third kappa shape index (κ3) is 5.32. The number of para-hydroxylation sites is 1. The molecular weight excluding hydrogens is 701 g/mol. The van der Waals surface area contributed by atoms with E-state index < -0.39 is 0 Å². The second-order valence-electron chi connectivity index (χ2n) is 20.4. The van der Waals surface area contributed by atoms with E-state index in [0.29, 0.717) is 0 Å². The third-order valence-corrected chi connectivity index (χ3v) is 14.6. The van der Waals surface area contributed by atoms with Gasteiger partial charge in [-0.3, -0.25) is 0 Å². The summed E-state index contributed by atoms with van der Waals surface area (Å²) in [4.78, 5) is 7.97. The molecule has 6 aromatic carbocycles. The molecule has 0 radical (unpaired) electrons. The van der Waals surface area contributed by atoms with Gasteiger partial charge in [0.1, 0.15) is 0 Å². The first-order valence-electron chi connectivity index (χ1n) is 21.7. The topological polar surface area (TPSA) is 9.72 Å². The SMILES string of the molecule is Cc1cccc(N(c2cccc(C)c2)c2cc3c4c(c2)N2c5c(cccc5C5(C)CCCCC25C)B4c2cc(C(C)(C)C)ccc2N3c2ccc(C(C)(C)C)cc2)c1. The van der Waals surface area contributed by atoms with Crippen LogP contribution in [-0.4, -0.2) is 12.3 Å². The van der Waals surface area contributed by atoms with Crippen molar-refractivity contribution >= 4 is 68.6 Å². The van der Waals surface area contributed by atoms with E-state index in [2.05, 4.69) is 205 Å². The van der Waals surface area contributed by atoms with E-state index in [1.54, 1.807) is 0 Å². The van der Waals surface area contributed by atoms with Crippen LogP contribution in [0, 0.1) is 13.8 Å². The smallest absolute Gasteiger partial charge is 0.252 e. The molecule has 1 saturated carbocycles. The maximum absolute atomic E-state index is 2.86. The van der Waals surface area contributed by atoms with Gasteiger partial charge in [-0.25, -0.2) is 0 Å². The summed E-state index contributed by atoms with van der Waals surface area (Å²) >= 11 is 0. The Morgan fingerprint density at radius 1 is 0.569 bits per heavy atom. The molecule has 0 bridgehead atoms. The van der Waals surface area contributed by atoms with Crippen molar-refractivity contribution in [2.24, 2.45) is 0 Å². The molecule has 4 heteroatoms. The minimum Gasteiger partial charge on any atom is -0.335 e. The molecule has 3 nitrogen and oxygen atoms in total. The Morgan fingerprint density at radius 3 is 1.81 bits per heavy atom. The highest BCUT2D eigenvalue weighted by Gasteiger charge is 2.61. The van der Waals surface area contributed by atoms with Crippen molar-refractivity contribution in [3.05, 3.63) is 149 Å². The molecule has 0 N–H and O–H groups in total. The molecule has 10 rings (SSSR count). The molecule has 3 aliphatic heterocycles. The van der Waals surface area contributed by atoms with Gasteiger partial charge in [0.25, 0.3) is 6.71 Å². The molecule has 0 spiro atoms. The van der Waals surface area contributed by atoms with Crippen molar-refractivity contribution in [1.82, 2.24) is 0 Å². The van der Waals surface area contributed by atoms with Gasteiger partial charge in [0.2, 0.25) is 0 Å². The van der Waals surface area contributed by atoms with Crippen molar-refractivity contribution in [2.45, 2.75) is 117 Å². The lowest BCUT2D eigenvalue weighted by Gasteiger charge is -2.53. The zero-order valence-electron chi connectivity index (χ0n) is 36.3. The highest BCUT2D eigenvalue weighted by molar-refractivity contribution is 7.00. The van der Waals surface area contributed by atoms with Gasteiger partial charge in [0.15, 0.2) is 0 Å². The maximum Gasteiger partial charge on any atom is 0.252 e. The van der Waals surface area contributed by atoms with E-state index in [0.717, 1.165) is 0 Å². The van der Waals surface area contributed by atoms with Gasteiger partial charge in [-0.15, -0.1) is 0 Å². The lowest BCUT2D eigenvalue weighted by atomic mass is 9.33. The lowest BCUT2D eigenvalue weighted by molar-refractivity contribution is 0.195. The zero-order chi connectivity index (χ0) is 40.5. The van der Waals surface area contributed by atoms with Crippen LogP contribution in [0.4, 0.5) is 45.5 Å². The summed E-state index contributed by atoms with van der Waals surface area (Å²) in [5, 5.41) is 0. The number of fused-ring (bicyclic) bond motifs is 7. The van der Waals surface area contributed by atoms with E-state index in [9.17, 15) is 0 Å². The fraction of sp³-hybridized carbons (Fsp3) is 0.333. The molecule has 58 heavy (non-hydrogen) atoms. The average Bonchev–Trinajstić information content (AvgIpc) is 3.39. The Labute approximate surface area is 347 Å². The first kappa shape index (κ1) is 37.1. The predicted molar refractivity (Wildman–Crippen MR) is 250 cm³/mol. The molecule has 4 aliphatic rings. The highest BCUT2D eigenvalue weighted by atomic mass is 15.3. The van der Waals surface area contributed by atoms with E-state index in [1.165, 1.54) is 115 Å². The number of benzene rings is 6. The van der Waals surface area contributed by atoms with Crippen LogP contribution in [0.3, 0.4) is 0 Å². The molecule has 0 amide bonds. The summed E-state index contributed by atoms with van der Waals surface area (Å²) in [6.45, 7) is 23.7. The van der Waals surface area contributed by atoms with Crippen molar-refractivity contribution in [1.29, 1.82) is 0 Å². The van der Waals surface area contributed by atoms with Crippen LogP contribution in [0.2, 0.25) is 0 Å². The van der Waals surface area contributed by atoms with Gasteiger partial charge < -0.3 is 14.7 Å². The normalized spacial score (nSPS) is 20.3. The fourth-order valence-corrected chi connectivity index (χ4v) is 11.2. The molecular formula is C54H58BN3. The van der Waals surface area contributed by atoms with Crippen LogP contribution in [0.1, 0.15) is 109 Å². The number of aryl methyl sites for hydroxylation is 2. The van der Waals surface area contributed by atoms with Crippen molar-refractivity contribution in [2.75, 3.05) is 14.7 Å². The number of nitrogens with zero attached hydrogens (tertiary/aromatic N) is 3. The van der Waals surface area contributed by atoms with Crippen LogP contribution < -0.4 is 31.1 Å². The second-order valence-corrected chi connectivity index (χ2v) is 20.4. The van der Waals surface area contributed by atoms with Gasteiger partial charge in [-0.05, 0) is 143 Å². The quantitative estimate of drug-likeness (QED) is 0.166. The minimum atomic E-state index is -0.0642. The Kier molecular flexibility index (Phi) is 8.08. The summed E-state index contributed by atoms with van der Waals surface area (Å²) in [7, 11) is 0. The number of hydrogen-bond acceptors (Lipinski definition) is 3. The summed E-state index contributed by atoms with van der Waals surface area (Å²) < 4.78 is 0. The molecule has 0 aromatic heterocycles. The Bertz CT molecular complexity index is 2580. The maximum atomic E-state index is 2.86. The molecule has 292 valence electrons. The Hall–Kier alpha value is -5.22. The standard InChI is InChI=1S/C54H58BN3/c1-35-16-13-18-40(30-35)56(41-19-14-17-36(2)31-41)42-33-47-49-48(34-42)58-50-43(53(9)28-11-12-29-54(53,58)10)20-15-21-44(50)55(49)45-32-38(52(6,7)8)24-27-46(45)57(47)39-25-22-37(23-26-39)51(3,4)5/h13-27,30-34H,11-12,28-29H2,1-10H3. The van der Waals surface area contributed by atoms with Crippen LogP contribution >= 0.6 is 0 Å². The fourth-order valence-electron chi connectivity index (χ4n) is 11.2. The van der Waals surface area contributed by atoms with Crippen molar-refractivity contribution in [3.8, 4) is 0 Å².